The van der Waals surface area contributed by atoms with E-state index in [4.69, 9.17) is 16.6 Å². The quantitative estimate of drug-likeness (QED) is 0.345. The zero-order valence-corrected chi connectivity index (χ0v) is 16.0. The number of aryl methyl sites for hydroxylation is 1. The first-order valence-corrected chi connectivity index (χ1v) is 9.88. The number of hydrogen-bond donors (Lipinski definition) is 0. The monoisotopic (exact) mass is 376 g/mol. The molecular formula is C18H21ClN4OS. The second-order valence-corrected chi connectivity index (χ2v) is 7.27. The van der Waals surface area contributed by atoms with E-state index in [1.165, 1.54) is 12.8 Å². The number of halogens is 1. The highest BCUT2D eigenvalue weighted by Gasteiger charge is 2.16. The van der Waals surface area contributed by atoms with Crippen molar-refractivity contribution >= 4 is 34.5 Å². The third-order valence-corrected chi connectivity index (χ3v) is 5.29. The van der Waals surface area contributed by atoms with Crippen molar-refractivity contribution in [3.63, 3.8) is 0 Å². The molecule has 0 saturated heterocycles. The van der Waals surface area contributed by atoms with Crippen LogP contribution < -0.4 is 5.56 Å². The largest absolute Gasteiger partial charge is 0.315 e. The summed E-state index contributed by atoms with van der Waals surface area (Å²) in [5.74, 6) is 0.930. The first-order chi connectivity index (χ1) is 12.2. The molecule has 132 valence electrons. The Morgan fingerprint density at radius 3 is 2.60 bits per heavy atom. The van der Waals surface area contributed by atoms with E-state index in [2.05, 4.69) is 11.9 Å². The summed E-state index contributed by atoms with van der Waals surface area (Å²) >= 11 is 7.61. The van der Waals surface area contributed by atoms with Crippen molar-refractivity contribution < 1.29 is 0 Å². The van der Waals surface area contributed by atoms with Crippen LogP contribution in [0.15, 0.2) is 40.5 Å². The van der Waals surface area contributed by atoms with Gasteiger partial charge in [-0.15, -0.1) is 0 Å². The van der Waals surface area contributed by atoms with E-state index in [-0.39, 0.29) is 5.56 Å². The summed E-state index contributed by atoms with van der Waals surface area (Å²) in [5.41, 5.74) is 1.66. The van der Waals surface area contributed by atoms with E-state index in [0.717, 1.165) is 24.4 Å². The topological polar surface area (TPSA) is 52.7 Å². The molecule has 0 saturated carbocycles. The Labute approximate surface area is 156 Å². The Morgan fingerprint density at radius 2 is 1.92 bits per heavy atom. The van der Waals surface area contributed by atoms with Crippen LogP contribution in [0.4, 0.5) is 0 Å². The number of imidazole rings is 1. The molecule has 5 nitrogen and oxygen atoms in total. The van der Waals surface area contributed by atoms with E-state index < -0.39 is 0 Å². The van der Waals surface area contributed by atoms with Gasteiger partial charge in [-0.2, -0.15) is 0 Å². The lowest BCUT2D eigenvalue weighted by molar-refractivity contribution is 0.750. The maximum Gasteiger partial charge on any atom is 0.286 e. The molecule has 7 heteroatoms. The molecule has 0 aliphatic heterocycles. The van der Waals surface area contributed by atoms with E-state index in [0.29, 0.717) is 21.3 Å². The number of unbranched alkanes of at least 4 members (excludes halogenated alkanes) is 2. The van der Waals surface area contributed by atoms with Gasteiger partial charge in [0.1, 0.15) is 0 Å². The van der Waals surface area contributed by atoms with Crippen molar-refractivity contribution in [2.45, 2.75) is 44.8 Å². The third-order valence-electron chi connectivity index (χ3n) is 4.01. The first-order valence-electron chi connectivity index (χ1n) is 8.52. The number of thioether (sulfide) groups is 1. The summed E-state index contributed by atoms with van der Waals surface area (Å²) in [7, 11) is 0. The SMILES string of the molecule is CCCCCSc1nc2c(ncn2CC)c(=O)n1-c1ccc(Cl)cc1. The van der Waals surface area contributed by atoms with Crippen LogP contribution in [0, 0.1) is 0 Å². The van der Waals surface area contributed by atoms with Gasteiger partial charge in [0.05, 0.1) is 12.0 Å². The zero-order chi connectivity index (χ0) is 17.8. The van der Waals surface area contributed by atoms with Crippen LogP contribution in [0.25, 0.3) is 16.9 Å². The van der Waals surface area contributed by atoms with Crippen molar-refractivity contribution in [1.29, 1.82) is 0 Å². The van der Waals surface area contributed by atoms with Crippen LogP contribution in [0.5, 0.6) is 0 Å². The summed E-state index contributed by atoms with van der Waals surface area (Å²) in [6.45, 7) is 4.92. The molecule has 0 spiro atoms. The van der Waals surface area contributed by atoms with Gasteiger partial charge in [-0.05, 0) is 37.6 Å². The smallest absolute Gasteiger partial charge is 0.286 e. The van der Waals surface area contributed by atoms with Crippen LogP contribution in [-0.4, -0.2) is 24.9 Å². The Bertz CT molecular complexity index is 917. The number of fused-ring (bicyclic) bond motifs is 1. The molecule has 1 aromatic carbocycles. The molecule has 0 N–H and O–H groups in total. The number of aromatic nitrogens is 4. The Balaban J connectivity index is 2.12. The summed E-state index contributed by atoms with van der Waals surface area (Å²) in [6, 6.07) is 7.24. The van der Waals surface area contributed by atoms with Gasteiger partial charge in [-0.25, -0.2) is 9.97 Å². The highest BCUT2D eigenvalue weighted by molar-refractivity contribution is 7.99. The predicted molar refractivity (Wildman–Crippen MR) is 104 cm³/mol. The van der Waals surface area contributed by atoms with Gasteiger partial charge in [0, 0.05) is 17.3 Å². The predicted octanol–water partition coefficient (Wildman–Crippen LogP) is 4.54. The first kappa shape index (κ1) is 18.0. The Morgan fingerprint density at radius 1 is 1.16 bits per heavy atom. The Hall–Kier alpha value is -1.79. The average molecular weight is 377 g/mol. The zero-order valence-electron chi connectivity index (χ0n) is 14.4. The van der Waals surface area contributed by atoms with E-state index in [1.54, 1.807) is 34.8 Å². The van der Waals surface area contributed by atoms with Crippen molar-refractivity contribution in [1.82, 2.24) is 19.1 Å². The summed E-state index contributed by atoms with van der Waals surface area (Å²) in [4.78, 5) is 22.1. The van der Waals surface area contributed by atoms with E-state index in [1.807, 2.05) is 23.6 Å². The van der Waals surface area contributed by atoms with Gasteiger partial charge in [-0.3, -0.25) is 9.36 Å². The normalized spacial score (nSPS) is 11.3. The minimum Gasteiger partial charge on any atom is -0.315 e. The van der Waals surface area contributed by atoms with Gasteiger partial charge in [0.25, 0.3) is 5.56 Å². The number of rotatable bonds is 7. The maximum absolute atomic E-state index is 13.1. The van der Waals surface area contributed by atoms with Crippen molar-refractivity contribution in [2.75, 3.05) is 5.75 Å². The van der Waals surface area contributed by atoms with Crippen LogP contribution in [-0.2, 0) is 6.54 Å². The molecule has 25 heavy (non-hydrogen) atoms. The molecule has 0 aliphatic carbocycles. The number of nitrogens with zero attached hydrogens (tertiary/aromatic N) is 4. The number of hydrogen-bond acceptors (Lipinski definition) is 4. The lowest BCUT2D eigenvalue weighted by atomic mass is 10.3. The molecule has 0 radical (unpaired) electrons. The molecule has 0 fully saturated rings. The second kappa shape index (κ2) is 8.06. The lowest BCUT2D eigenvalue weighted by Gasteiger charge is -2.12. The summed E-state index contributed by atoms with van der Waals surface area (Å²) in [5, 5.41) is 1.34. The molecule has 0 bridgehead atoms. The van der Waals surface area contributed by atoms with Gasteiger partial charge in [0.15, 0.2) is 16.3 Å². The average Bonchev–Trinajstić information content (AvgIpc) is 3.03. The van der Waals surface area contributed by atoms with Crippen molar-refractivity contribution in [3.8, 4) is 5.69 Å². The number of benzene rings is 1. The fourth-order valence-corrected chi connectivity index (χ4v) is 3.76. The van der Waals surface area contributed by atoms with Gasteiger partial charge in [-0.1, -0.05) is 43.1 Å². The van der Waals surface area contributed by atoms with E-state index in [9.17, 15) is 4.79 Å². The molecule has 0 atom stereocenters. The van der Waals surface area contributed by atoms with Crippen LogP contribution in [0.2, 0.25) is 5.02 Å². The minimum absolute atomic E-state index is 0.141. The van der Waals surface area contributed by atoms with Crippen molar-refractivity contribution in [3.05, 3.63) is 46.0 Å². The highest BCUT2D eigenvalue weighted by atomic mass is 35.5. The molecule has 0 aliphatic rings. The maximum atomic E-state index is 13.1. The molecule has 2 aromatic heterocycles. The van der Waals surface area contributed by atoms with Crippen molar-refractivity contribution in [2.24, 2.45) is 0 Å². The summed E-state index contributed by atoms with van der Waals surface area (Å²) < 4.78 is 3.54. The third kappa shape index (κ3) is 3.75. The highest BCUT2D eigenvalue weighted by Crippen LogP contribution is 2.23. The minimum atomic E-state index is -0.141. The summed E-state index contributed by atoms with van der Waals surface area (Å²) in [6.07, 6.45) is 5.12. The van der Waals surface area contributed by atoms with E-state index >= 15 is 0 Å². The molecular weight excluding hydrogens is 356 g/mol. The Kier molecular flexibility index (Phi) is 5.81. The fourth-order valence-electron chi connectivity index (χ4n) is 2.64. The van der Waals surface area contributed by atoms with Gasteiger partial charge < -0.3 is 4.57 Å². The lowest BCUT2D eigenvalue weighted by Crippen LogP contribution is -2.22. The van der Waals surface area contributed by atoms with Crippen LogP contribution in [0.3, 0.4) is 0 Å². The fraction of sp³-hybridized carbons (Fsp3) is 0.389. The second-order valence-electron chi connectivity index (χ2n) is 5.77. The molecule has 3 rings (SSSR count). The van der Waals surface area contributed by atoms with Crippen LogP contribution >= 0.6 is 23.4 Å². The van der Waals surface area contributed by atoms with Gasteiger partial charge >= 0.3 is 0 Å². The standard InChI is InChI=1S/C18H21ClN4OS/c1-3-5-6-11-25-18-21-16-15(20-12-22(16)4-2)17(24)23(18)14-9-7-13(19)8-10-14/h7-10,12H,3-6,11H2,1-2H3. The van der Waals surface area contributed by atoms with Gasteiger partial charge in [0.2, 0.25) is 0 Å². The molecule has 0 unspecified atom stereocenters. The molecule has 3 aromatic rings. The van der Waals surface area contributed by atoms with Crippen LogP contribution in [0.1, 0.15) is 33.1 Å². The molecule has 0 amide bonds. The molecule has 2 heterocycles.